The highest BCUT2D eigenvalue weighted by Gasteiger charge is 2.55. The van der Waals surface area contributed by atoms with Crippen LogP contribution in [0, 0.1) is 5.92 Å². The number of amides is 1. The summed E-state index contributed by atoms with van der Waals surface area (Å²) >= 11 is 0. The van der Waals surface area contributed by atoms with E-state index in [9.17, 15) is 4.79 Å². The van der Waals surface area contributed by atoms with Crippen LogP contribution in [0.5, 0.6) is 0 Å². The standard InChI is InChI=1S/C17H30N2O2/c1-12(2)14-18-17(8-5-6-9-17)15(20)19(14)13-7-10-21-16(3,4)11-13/h12-14,18H,5-11H2,1-4H3. The molecule has 2 aliphatic heterocycles. The van der Waals surface area contributed by atoms with Gasteiger partial charge in [0.15, 0.2) is 0 Å². The van der Waals surface area contributed by atoms with Gasteiger partial charge in [0, 0.05) is 12.6 Å². The molecule has 2 unspecified atom stereocenters. The highest BCUT2D eigenvalue weighted by atomic mass is 16.5. The maximum absolute atomic E-state index is 13.2. The van der Waals surface area contributed by atoms with E-state index in [-0.39, 0.29) is 17.3 Å². The molecular weight excluding hydrogens is 264 g/mol. The van der Waals surface area contributed by atoms with E-state index in [1.165, 1.54) is 12.8 Å². The first kappa shape index (κ1) is 15.3. The lowest BCUT2D eigenvalue weighted by atomic mass is 9.91. The first-order valence-electron chi connectivity index (χ1n) is 8.59. The molecule has 3 fully saturated rings. The van der Waals surface area contributed by atoms with Crippen molar-refractivity contribution in [3.05, 3.63) is 0 Å². The van der Waals surface area contributed by atoms with E-state index in [1.807, 2.05) is 0 Å². The molecule has 0 aromatic rings. The van der Waals surface area contributed by atoms with E-state index < -0.39 is 0 Å². The van der Waals surface area contributed by atoms with Crippen LogP contribution < -0.4 is 5.32 Å². The van der Waals surface area contributed by atoms with Crippen LogP contribution in [-0.2, 0) is 9.53 Å². The van der Waals surface area contributed by atoms with Gasteiger partial charge in [-0.25, -0.2) is 0 Å². The highest BCUT2D eigenvalue weighted by Crippen LogP contribution is 2.41. The zero-order chi connectivity index (χ0) is 15.3. The third-order valence-corrected chi connectivity index (χ3v) is 5.52. The molecule has 1 saturated carbocycles. The Kier molecular flexibility index (Phi) is 3.81. The molecule has 0 aromatic heterocycles. The summed E-state index contributed by atoms with van der Waals surface area (Å²) in [5.41, 5.74) is -0.368. The number of nitrogens with zero attached hydrogens (tertiary/aromatic N) is 1. The fourth-order valence-electron chi connectivity index (χ4n) is 4.44. The van der Waals surface area contributed by atoms with Crippen molar-refractivity contribution in [3.8, 4) is 0 Å². The summed E-state index contributed by atoms with van der Waals surface area (Å²) in [5, 5.41) is 3.73. The number of rotatable bonds is 2. The highest BCUT2D eigenvalue weighted by molar-refractivity contribution is 5.89. The van der Waals surface area contributed by atoms with Crippen LogP contribution in [0.4, 0.5) is 0 Å². The monoisotopic (exact) mass is 294 g/mol. The molecule has 2 saturated heterocycles. The quantitative estimate of drug-likeness (QED) is 0.851. The van der Waals surface area contributed by atoms with Crippen molar-refractivity contribution in [3.63, 3.8) is 0 Å². The zero-order valence-corrected chi connectivity index (χ0v) is 13.9. The van der Waals surface area contributed by atoms with Gasteiger partial charge in [-0.15, -0.1) is 0 Å². The number of nitrogens with one attached hydrogen (secondary N) is 1. The third-order valence-electron chi connectivity index (χ3n) is 5.52. The molecule has 120 valence electrons. The maximum atomic E-state index is 13.2. The van der Waals surface area contributed by atoms with Gasteiger partial charge in [-0.2, -0.15) is 0 Å². The minimum absolute atomic E-state index is 0.115. The van der Waals surface area contributed by atoms with Crippen LogP contribution in [0.25, 0.3) is 0 Å². The largest absolute Gasteiger partial charge is 0.375 e. The van der Waals surface area contributed by atoms with Gasteiger partial charge in [0.25, 0.3) is 0 Å². The van der Waals surface area contributed by atoms with Crippen molar-refractivity contribution < 1.29 is 9.53 Å². The second kappa shape index (κ2) is 5.24. The fourth-order valence-corrected chi connectivity index (χ4v) is 4.44. The first-order chi connectivity index (χ1) is 9.85. The summed E-state index contributed by atoms with van der Waals surface area (Å²) in [6, 6.07) is 0.320. The van der Waals surface area contributed by atoms with Crippen LogP contribution in [0.3, 0.4) is 0 Å². The van der Waals surface area contributed by atoms with Crippen molar-refractivity contribution >= 4 is 5.91 Å². The predicted octanol–water partition coefficient (Wildman–Crippen LogP) is 2.67. The predicted molar refractivity (Wildman–Crippen MR) is 82.9 cm³/mol. The number of carbonyl (C=O) groups excluding carboxylic acids is 1. The Morgan fingerprint density at radius 3 is 2.52 bits per heavy atom. The molecule has 4 nitrogen and oxygen atoms in total. The van der Waals surface area contributed by atoms with E-state index in [1.54, 1.807) is 0 Å². The topological polar surface area (TPSA) is 41.6 Å². The lowest BCUT2D eigenvalue weighted by Crippen LogP contribution is -2.52. The van der Waals surface area contributed by atoms with E-state index in [0.717, 1.165) is 32.3 Å². The van der Waals surface area contributed by atoms with Crippen molar-refractivity contribution in [2.75, 3.05) is 6.61 Å². The SMILES string of the molecule is CC(C)C1NC2(CCCC2)C(=O)N1C1CCOC(C)(C)C1. The van der Waals surface area contributed by atoms with E-state index in [2.05, 4.69) is 37.9 Å². The Balaban J connectivity index is 1.85. The van der Waals surface area contributed by atoms with Crippen molar-refractivity contribution in [1.29, 1.82) is 0 Å². The maximum Gasteiger partial charge on any atom is 0.244 e. The molecule has 2 atom stereocenters. The minimum atomic E-state index is -0.253. The molecule has 1 N–H and O–H groups in total. The van der Waals surface area contributed by atoms with Gasteiger partial charge in [-0.1, -0.05) is 26.7 Å². The van der Waals surface area contributed by atoms with Crippen molar-refractivity contribution in [2.45, 2.75) is 89.6 Å². The Hall–Kier alpha value is -0.610. The Morgan fingerprint density at radius 2 is 1.95 bits per heavy atom. The Morgan fingerprint density at radius 1 is 1.29 bits per heavy atom. The Bertz CT molecular complexity index is 413. The molecule has 1 aliphatic carbocycles. The lowest BCUT2D eigenvalue weighted by Gasteiger charge is -2.42. The molecule has 0 radical (unpaired) electrons. The van der Waals surface area contributed by atoms with E-state index >= 15 is 0 Å². The smallest absolute Gasteiger partial charge is 0.244 e. The fraction of sp³-hybridized carbons (Fsp3) is 0.941. The number of carbonyl (C=O) groups is 1. The summed E-state index contributed by atoms with van der Waals surface area (Å²) in [6.45, 7) is 9.48. The van der Waals surface area contributed by atoms with Crippen molar-refractivity contribution in [1.82, 2.24) is 10.2 Å². The number of ether oxygens (including phenoxy) is 1. The van der Waals surface area contributed by atoms with Gasteiger partial charge in [0.2, 0.25) is 5.91 Å². The number of hydrogen-bond donors (Lipinski definition) is 1. The van der Waals surface area contributed by atoms with Crippen molar-refractivity contribution in [2.24, 2.45) is 5.92 Å². The molecule has 0 bridgehead atoms. The molecule has 4 heteroatoms. The molecule has 3 rings (SSSR count). The van der Waals surface area contributed by atoms with E-state index in [4.69, 9.17) is 4.74 Å². The van der Waals surface area contributed by atoms with Crippen LogP contribution in [0.1, 0.15) is 66.2 Å². The van der Waals surface area contributed by atoms with Crippen LogP contribution >= 0.6 is 0 Å². The zero-order valence-electron chi connectivity index (χ0n) is 13.9. The molecule has 3 aliphatic rings. The van der Waals surface area contributed by atoms with Gasteiger partial charge < -0.3 is 9.64 Å². The molecule has 2 heterocycles. The van der Waals surface area contributed by atoms with Gasteiger partial charge in [0.1, 0.15) is 0 Å². The summed E-state index contributed by atoms with van der Waals surface area (Å²) in [5.74, 6) is 0.807. The van der Waals surface area contributed by atoms with Crippen LogP contribution in [-0.4, -0.2) is 40.8 Å². The minimum Gasteiger partial charge on any atom is -0.375 e. The van der Waals surface area contributed by atoms with Crippen LogP contribution in [0.15, 0.2) is 0 Å². The number of hydrogen-bond acceptors (Lipinski definition) is 3. The first-order valence-corrected chi connectivity index (χ1v) is 8.59. The lowest BCUT2D eigenvalue weighted by molar-refractivity contribution is -0.142. The molecule has 0 aromatic carbocycles. The summed E-state index contributed by atoms with van der Waals surface area (Å²) in [7, 11) is 0. The third kappa shape index (κ3) is 2.61. The molecule has 1 amide bonds. The van der Waals surface area contributed by atoms with Gasteiger partial charge in [-0.05, 0) is 45.4 Å². The molecular formula is C17H30N2O2. The Labute approximate surface area is 128 Å². The molecule has 21 heavy (non-hydrogen) atoms. The normalized spacial score (nSPS) is 35.1. The van der Waals surface area contributed by atoms with Gasteiger partial charge >= 0.3 is 0 Å². The second-order valence-corrected chi connectivity index (χ2v) is 8.09. The van der Waals surface area contributed by atoms with Gasteiger partial charge in [-0.3, -0.25) is 10.1 Å². The van der Waals surface area contributed by atoms with E-state index in [0.29, 0.717) is 17.9 Å². The summed E-state index contributed by atoms with van der Waals surface area (Å²) < 4.78 is 5.84. The average molecular weight is 294 g/mol. The average Bonchev–Trinajstić information content (AvgIpc) is 2.96. The second-order valence-electron chi connectivity index (χ2n) is 8.09. The molecule has 1 spiro atoms. The summed E-state index contributed by atoms with van der Waals surface area (Å²) in [4.78, 5) is 15.4. The summed E-state index contributed by atoms with van der Waals surface area (Å²) in [6.07, 6.45) is 6.48. The van der Waals surface area contributed by atoms with Gasteiger partial charge in [0.05, 0.1) is 17.3 Å². The van der Waals surface area contributed by atoms with Crippen LogP contribution in [0.2, 0.25) is 0 Å².